The minimum Gasteiger partial charge on any atom is -0.546 e. The highest BCUT2D eigenvalue weighted by molar-refractivity contribution is 6.39. The lowest BCUT2D eigenvalue weighted by atomic mass is 10.2. The number of anilines is 1. The predicted octanol–water partition coefficient (Wildman–Crippen LogP) is 0.566. The second-order valence-electron chi connectivity index (χ2n) is 5.23. The quantitative estimate of drug-likeness (QED) is 0.394. The van der Waals surface area contributed by atoms with Crippen molar-refractivity contribution in [1.82, 2.24) is 5.43 Å². The van der Waals surface area contributed by atoms with Gasteiger partial charge in [0.05, 0.1) is 19.3 Å². The molecule has 0 fully saturated rings. The van der Waals surface area contributed by atoms with Crippen LogP contribution in [0.1, 0.15) is 5.56 Å². The second-order valence-corrected chi connectivity index (χ2v) is 5.67. The summed E-state index contributed by atoms with van der Waals surface area (Å²) in [7, 11) is 1.38. The van der Waals surface area contributed by atoms with Crippen molar-refractivity contribution >= 4 is 41.3 Å². The zero-order valence-electron chi connectivity index (χ0n) is 14.6. The number of hydrazone groups is 1. The zero-order valence-corrected chi connectivity index (χ0v) is 15.4. The summed E-state index contributed by atoms with van der Waals surface area (Å²) >= 11 is 5.80. The van der Waals surface area contributed by atoms with Gasteiger partial charge in [0.25, 0.3) is 0 Å². The van der Waals surface area contributed by atoms with Gasteiger partial charge in [-0.15, -0.1) is 0 Å². The number of carboxylic acids is 1. The fourth-order valence-electron chi connectivity index (χ4n) is 1.99. The van der Waals surface area contributed by atoms with Gasteiger partial charge in [0.2, 0.25) is 0 Å². The van der Waals surface area contributed by atoms with Crippen LogP contribution >= 0.6 is 11.6 Å². The maximum absolute atomic E-state index is 11.8. The van der Waals surface area contributed by atoms with E-state index < -0.39 is 24.4 Å². The van der Waals surface area contributed by atoms with Gasteiger partial charge < -0.3 is 24.7 Å². The third kappa shape index (κ3) is 6.29. The molecule has 0 heterocycles. The third-order valence-electron chi connectivity index (χ3n) is 3.20. The number of carbonyl (C=O) groups is 3. The van der Waals surface area contributed by atoms with Gasteiger partial charge in [-0.05, 0) is 42.0 Å². The molecule has 10 heteroatoms. The Morgan fingerprint density at radius 2 is 1.93 bits per heavy atom. The number of amides is 2. The van der Waals surface area contributed by atoms with Crippen LogP contribution in [-0.2, 0) is 14.4 Å². The Bertz CT molecular complexity index is 916. The summed E-state index contributed by atoms with van der Waals surface area (Å²) in [6.45, 7) is -0.623. The van der Waals surface area contributed by atoms with Crippen molar-refractivity contribution in [3.05, 3.63) is 53.1 Å². The monoisotopic (exact) mass is 404 g/mol. The molecule has 0 aliphatic heterocycles. The van der Waals surface area contributed by atoms with Crippen LogP contribution in [0, 0.1) is 0 Å². The number of hydrogen-bond acceptors (Lipinski definition) is 7. The number of hydrogen-bond donors (Lipinski definition) is 2. The summed E-state index contributed by atoms with van der Waals surface area (Å²) in [5.74, 6) is -2.80. The first-order valence-electron chi connectivity index (χ1n) is 7.79. The second kappa shape index (κ2) is 9.93. The molecule has 0 aliphatic rings. The van der Waals surface area contributed by atoms with Crippen LogP contribution < -0.4 is 25.3 Å². The lowest BCUT2D eigenvalue weighted by molar-refractivity contribution is -0.307. The van der Waals surface area contributed by atoms with Crippen LogP contribution in [0.3, 0.4) is 0 Å². The first kappa shape index (κ1) is 20.7. The van der Waals surface area contributed by atoms with Gasteiger partial charge in [-0.1, -0.05) is 17.7 Å². The molecule has 0 unspecified atom stereocenters. The van der Waals surface area contributed by atoms with Crippen molar-refractivity contribution in [2.45, 2.75) is 0 Å². The van der Waals surface area contributed by atoms with E-state index in [1.807, 2.05) is 0 Å². The molecule has 0 aliphatic carbocycles. The van der Waals surface area contributed by atoms with Crippen LogP contribution in [0.2, 0.25) is 5.02 Å². The fraction of sp³-hybridized carbons (Fsp3) is 0.111. The summed E-state index contributed by atoms with van der Waals surface area (Å²) in [5.41, 5.74) is 2.96. The Kier molecular flexibility index (Phi) is 7.35. The van der Waals surface area contributed by atoms with Crippen LogP contribution in [0.5, 0.6) is 11.5 Å². The van der Waals surface area contributed by atoms with E-state index in [9.17, 15) is 19.5 Å². The summed E-state index contributed by atoms with van der Waals surface area (Å²) in [6.07, 6.45) is 1.27. The van der Waals surface area contributed by atoms with E-state index in [1.165, 1.54) is 31.5 Å². The SMILES string of the molecule is COc1cc(/C=N\NC(=O)C(=O)Nc2cccc(Cl)c2)ccc1OCC(=O)[O-]. The van der Waals surface area contributed by atoms with E-state index in [4.69, 9.17) is 21.1 Å². The molecule has 0 bridgehead atoms. The van der Waals surface area contributed by atoms with Crippen molar-refractivity contribution in [2.24, 2.45) is 5.10 Å². The maximum atomic E-state index is 11.8. The van der Waals surface area contributed by atoms with Gasteiger partial charge in [-0.3, -0.25) is 9.59 Å². The van der Waals surface area contributed by atoms with Gasteiger partial charge >= 0.3 is 11.8 Å². The van der Waals surface area contributed by atoms with Gasteiger partial charge in [-0.2, -0.15) is 5.10 Å². The van der Waals surface area contributed by atoms with Crippen LogP contribution in [0.15, 0.2) is 47.6 Å². The molecule has 2 N–H and O–H groups in total. The lowest BCUT2D eigenvalue weighted by Gasteiger charge is -2.11. The molecule has 0 radical (unpaired) electrons. The predicted molar refractivity (Wildman–Crippen MR) is 99.3 cm³/mol. The molecule has 2 aromatic rings. The highest BCUT2D eigenvalue weighted by atomic mass is 35.5. The molecular weight excluding hydrogens is 390 g/mol. The van der Waals surface area contributed by atoms with E-state index in [0.29, 0.717) is 16.3 Å². The smallest absolute Gasteiger partial charge is 0.329 e. The van der Waals surface area contributed by atoms with Crippen LogP contribution in [-0.4, -0.2) is 37.7 Å². The first-order chi connectivity index (χ1) is 13.4. The van der Waals surface area contributed by atoms with E-state index in [1.54, 1.807) is 24.3 Å². The molecular formula is C18H15ClN3O6-. The third-order valence-corrected chi connectivity index (χ3v) is 3.44. The number of aliphatic carboxylic acids is 1. The molecule has 28 heavy (non-hydrogen) atoms. The summed E-state index contributed by atoms with van der Waals surface area (Å²) in [4.78, 5) is 34.0. The molecule has 9 nitrogen and oxygen atoms in total. The number of carboxylic acid groups (broad SMARTS) is 1. The van der Waals surface area contributed by atoms with Crippen molar-refractivity contribution in [3.8, 4) is 11.5 Å². The highest BCUT2D eigenvalue weighted by Crippen LogP contribution is 2.27. The Labute approximate surface area is 164 Å². The molecule has 2 aromatic carbocycles. The van der Waals surface area contributed by atoms with Crippen molar-refractivity contribution in [3.63, 3.8) is 0 Å². The Morgan fingerprint density at radius 3 is 2.61 bits per heavy atom. The molecule has 0 aromatic heterocycles. The van der Waals surface area contributed by atoms with Gasteiger partial charge in [0, 0.05) is 10.7 Å². The number of halogens is 1. The molecule has 146 valence electrons. The average Bonchev–Trinajstić information content (AvgIpc) is 2.66. The number of methoxy groups -OCH3 is 1. The molecule has 0 atom stereocenters. The Hall–Kier alpha value is -3.59. The highest BCUT2D eigenvalue weighted by Gasteiger charge is 2.13. The molecule has 0 spiro atoms. The first-order valence-corrected chi connectivity index (χ1v) is 8.17. The minimum atomic E-state index is -1.37. The van der Waals surface area contributed by atoms with E-state index >= 15 is 0 Å². The normalized spacial score (nSPS) is 10.4. The Balaban J connectivity index is 1.94. The molecule has 0 saturated carbocycles. The summed E-state index contributed by atoms with van der Waals surface area (Å²) in [5, 5.41) is 16.9. The molecule has 2 amide bonds. The van der Waals surface area contributed by atoms with Crippen molar-refractivity contribution in [1.29, 1.82) is 0 Å². The molecule has 2 rings (SSSR count). The number of nitrogens with zero attached hydrogens (tertiary/aromatic N) is 1. The van der Waals surface area contributed by atoms with Crippen molar-refractivity contribution < 1.29 is 29.0 Å². The fourth-order valence-corrected chi connectivity index (χ4v) is 2.18. The Morgan fingerprint density at radius 1 is 1.14 bits per heavy atom. The number of rotatable bonds is 7. The lowest BCUT2D eigenvalue weighted by Crippen LogP contribution is -2.32. The maximum Gasteiger partial charge on any atom is 0.329 e. The average molecular weight is 405 g/mol. The van der Waals surface area contributed by atoms with Crippen molar-refractivity contribution in [2.75, 3.05) is 19.0 Å². The van der Waals surface area contributed by atoms with Crippen LogP contribution in [0.4, 0.5) is 5.69 Å². The number of ether oxygens (including phenoxy) is 2. The summed E-state index contributed by atoms with van der Waals surface area (Å²) < 4.78 is 10.1. The van der Waals surface area contributed by atoms with Gasteiger partial charge in [-0.25, -0.2) is 5.43 Å². The van der Waals surface area contributed by atoms with Crippen LogP contribution in [0.25, 0.3) is 0 Å². The van der Waals surface area contributed by atoms with Gasteiger partial charge in [0.15, 0.2) is 11.5 Å². The number of carbonyl (C=O) groups excluding carboxylic acids is 3. The van der Waals surface area contributed by atoms with E-state index in [-0.39, 0.29) is 11.5 Å². The zero-order chi connectivity index (χ0) is 20.5. The largest absolute Gasteiger partial charge is 0.546 e. The minimum absolute atomic E-state index is 0.203. The number of benzene rings is 2. The standard InChI is InChI=1S/C18H16ClN3O6/c1-27-15-7-11(5-6-14(15)28-10-16(23)24)9-20-22-18(26)17(25)21-13-4-2-3-12(19)8-13/h2-9H,10H2,1H3,(H,21,25)(H,22,26)(H,23,24)/p-1/b20-9-. The van der Waals surface area contributed by atoms with E-state index in [2.05, 4.69) is 15.8 Å². The topological polar surface area (TPSA) is 129 Å². The van der Waals surface area contributed by atoms with Gasteiger partial charge in [0.1, 0.15) is 6.61 Å². The molecule has 0 saturated heterocycles. The summed E-state index contributed by atoms with van der Waals surface area (Å²) in [6, 6.07) is 10.9. The number of nitrogens with one attached hydrogen (secondary N) is 2. The van der Waals surface area contributed by atoms with E-state index in [0.717, 1.165) is 0 Å².